The molecule has 0 unspecified atom stereocenters. The van der Waals surface area contributed by atoms with Gasteiger partial charge in [-0.05, 0) is 29.8 Å². The van der Waals surface area contributed by atoms with Crippen molar-refractivity contribution < 1.29 is 9.47 Å². The maximum atomic E-state index is 5.50. The van der Waals surface area contributed by atoms with Crippen LogP contribution in [0.4, 0.5) is 0 Å². The summed E-state index contributed by atoms with van der Waals surface area (Å²) in [6, 6.07) is 12.3. The second-order valence-corrected chi connectivity index (χ2v) is 7.87. The molecule has 31 heavy (non-hydrogen) atoms. The Hall–Kier alpha value is -3.26. The average molecular weight is 421 g/mol. The highest BCUT2D eigenvalue weighted by molar-refractivity contribution is 5.80. The van der Waals surface area contributed by atoms with Crippen molar-refractivity contribution in [2.75, 3.05) is 46.6 Å². The third-order valence-corrected chi connectivity index (χ3v) is 5.80. The molecular formula is C23H28N6O2. The number of hydrogen-bond acceptors (Lipinski definition) is 5. The van der Waals surface area contributed by atoms with E-state index in [4.69, 9.17) is 9.47 Å². The number of rotatable bonds is 5. The molecule has 0 aliphatic carbocycles. The van der Waals surface area contributed by atoms with E-state index in [9.17, 15) is 0 Å². The number of imidazole rings is 1. The van der Waals surface area contributed by atoms with Crippen LogP contribution in [-0.2, 0) is 13.0 Å². The molecule has 2 aliphatic heterocycles. The molecule has 0 bridgehead atoms. The van der Waals surface area contributed by atoms with Gasteiger partial charge in [0.2, 0.25) is 6.79 Å². The van der Waals surface area contributed by atoms with Crippen molar-refractivity contribution in [3.63, 3.8) is 0 Å². The van der Waals surface area contributed by atoms with Crippen molar-refractivity contribution in [2.24, 2.45) is 4.99 Å². The minimum absolute atomic E-state index is 0.320. The Kier molecular flexibility index (Phi) is 5.62. The van der Waals surface area contributed by atoms with E-state index in [1.807, 2.05) is 37.5 Å². The SMILES string of the molecule is CN=C(NCCc1cn2ccccc2n1)N1CCN(Cc2ccc3c(c2)OCO3)CC1. The van der Waals surface area contributed by atoms with E-state index in [0.717, 1.165) is 74.5 Å². The molecule has 162 valence electrons. The topological polar surface area (TPSA) is 66.6 Å². The van der Waals surface area contributed by atoms with Crippen LogP contribution in [0.25, 0.3) is 5.65 Å². The van der Waals surface area contributed by atoms with Crippen LogP contribution >= 0.6 is 0 Å². The summed E-state index contributed by atoms with van der Waals surface area (Å²) in [6.07, 6.45) is 4.99. The van der Waals surface area contributed by atoms with Crippen LogP contribution in [0.1, 0.15) is 11.3 Å². The van der Waals surface area contributed by atoms with E-state index >= 15 is 0 Å². The van der Waals surface area contributed by atoms with E-state index in [1.165, 1.54) is 5.56 Å². The lowest BCUT2D eigenvalue weighted by molar-refractivity contribution is 0.171. The highest BCUT2D eigenvalue weighted by atomic mass is 16.7. The van der Waals surface area contributed by atoms with Gasteiger partial charge in [0, 0.05) is 65.1 Å². The zero-order chi connectivity index (χ0) is 21.0. The maximum Gasteiger partial charge on any atom is 0.231 e. The number of aromatic nitrogens is 2. The number of ether oxygens (including phenoxy) is 2. The van der Waals surface area contributed by atoms with Crippen LogP contribution in [-0.4, -0.2) is 71.7 Å². The summed E-state index contributed by atoms with van der Waals surface area (Å²) in [5.74, 6) is 2.66. The van der Waals surface area contributed by atoms with Crippen molar-refractivity contribution in [1.29, 1.82) is 0 Å². The Labute approximate surface area is 182 Å². The molecule has 1 saturated heterocycles. The standard InChI is InChI=1S/C23H28N6O2/c1-24-23(25-8-7-19-16-29-9-3-2-4-22(29)26-19)28-12-10-27(11-13-28)15-18-5-6-20-21(14-18)31-17-30-20/h2-6,9,14,16H,7-8,10-13,15,17H2,1H3,(H,24,25). The van der Waals surface area contributed by atoms with E-state index in [2.05, 4.69) is 47.8 Å². The normalized spacial score (nSPS) is 16.8. The number of nitrogens with zero attached hydrogens (tertiary/aromatic N) is 5. The van der Waals surface area contributed by atoms with Crippen molar-refractivity contribution in [1.82, 2.24) is 24.5 Å². The number of hydrogen-bond donors (Lipinski definition) is 1. The van der Waals surface area contributed by atoms with Crippen LogP contribution in [0.3, 0.4) is 0 Å². The fourth-order valence-electron chi connectivity index (χ4n) is 4.16. The molecule has 8 nitrogen and oxygen atoms in total. The third kappa shape index (κ3) is 4.44. The van der Waals surface area contributed by atoms with Crippen LogP contribution in [0, 0.1) is 0 Å². The quantitative estimate of drug-likeness (QED) is 0.503. The van der Waals surface area contributed by atoms with Gasteiger partial charge in [-0.3, -0.25) is 9.89 Å². The fraction of sp³-hybridized carbons (Fsp3) is 0.391. The number of benzene rings is 1. The van der Waals surface area contributed by atoms with Gasteiger partial charge < -0.3 is 24.1 Å². The van der Waals surface area contributed by atoms with Gasteiger partial charge in [-0.1, -0.05) is 12.1 Å². The summed E-state index contributed by atoms with van der Waals surface area (Å²) >= 11 is 0. The average Bonchev–Trinajstić information content (AvgIpc) is 3.43. The minimum atomic E-state index is 0.320. The van der Waals surface area contributed by atoms with Crippen LogP contribution in [0.15, 0.2) is 53.8 Å². The second-order valence-electron chi connectivity index (χ2n) is 7.87. The second kappa shape index (κ2) is 8.85. The molecule has 1 fully saturated rings. The number of nitrogens with one attached hydrogen (secondary N) is 1. The number of aliphatic imine (C=N–C) groups is 1. The summed E-state index contributed by atoms with van der Waals surface area (Å²) in [4.78, 5) is 14.0. The molecule has 0 atom stereocenters. The number of piperazine rings is 1. The van der Waals surface area contributed by atoms with E-state index in [1.54, 1.807) is 0 Å². The van der Waals surface area contributed by atoms with Gasteiger partial charge >= 0.3 is 0 Å². The minimum Gasteiger partial charge on any atom is -0.454 e. The molecule has 1 aromatic carbocycles. The van der Waals surface area contributed by atoms with E-state index in [0.29, 0.717) is 6.79 Å². The third-order valence-electron chi connectivity index (χ3n) is 5.80. The summed E-state index contributed by atoms with van der Waals surface area (Å²) in [5.41, 5.74) is 3.33. The number of guanidine groups is 1. The number of pyridine rings is 1. The maximum absolute atomic E-state index is 5.50. The molecule has 0 saturated carbocycles. The zero-order valence-electron chi connectivity index (χ0n) is 17.8. The Balaban J connectivity index is 1.09. The molecule has 3 aromatic rings. The molecule has 2 aliphatic rings. The number of fused-ring (bicyclic) bond motifs is 2. The Morgan fingerprint density at radius 3 is 2.81 bits per heavy atom. The molecule has 2 aromatic heterocycles. The van der Waals surface area contributed by atoms with E-state index < -0.39 is 0 Å². The lowest BCUT2D eigenvalue weighted by Crippen LogP contribution is -2.52. The molecule has 8 heteroatoms. The monoisotopic (exact) mass is 420 g/mol. The van der Waals surface area contributed by atoms with Gasteiger partial charge in [0.1, 0.15) is 5.65 Å². The lowest BCUT2D eigenvalue weighted by atomic mass is 10.1. The van der Waals surface area contributed by atoms with Gasteiger partial charge in [0.15, 0.2) is 17.5 Å². The Bertz CT molecular complexity index is 1040. The van der Waals surface area contributed by atoms with Crippen molar-refractivity contribution in [3.8, 4) is 11.5 Å². The Morgan fingerprint density at radius 1 is 1.10 bits per heavy atom. The van der Waals surface area contributed by atoms with Crippen LogP contribution in [0.5, 0.6) is 11.5 Å². The first-order valence-corrected chi connectivity index (χ1v) is 10.8. The van der Waals surface area contributed by atoms with Gasteiger partial charge in [-0.2, -0.15) is 0 Å². The highest BCUT2D eigenvalue weighted by Gasteiger charge is 2.21. The summed E-state index contributed by atoms with van der Waals surface area (Å²) in [5, 5.41) is 3.50. The molecule has 4 heterocycles. The van der Waals surface area contributed by atoms with Crippen LogP contribution < -0.4 is 14.8 Å². The first-order valence-electron chi connectivity index (χ1n) is 10.8. The Morgan fingerprint density at radius 2 is 1.97 bits per heavy atom. The molecule has 0 radical (unpaired) electrons. The molecule has 1 N–H and O–H groups in total. The van der Waals surface area contributed by atoms with Gasteiger partial charge in [-0.15, -0.1) is 0 Å². The summed E-state index contributed by atoms with van der Waals surface area (Å²) in [6.45, 7) is 5.97. The van der Waals surface area contributed by atoms with Gasteiger partial charge in [0.25, 0.3) is 0 Å². The van der Waals surface area contributed by atoms with Crippen molar-refractivity contribution >= 4 is 11.6 Å². The van der Waals surface area contributed by atoms with Gasteiger partial charge in [-0.25, -0.2) is 4.98 Å². The highest BCUT2D eigenvalue weighted by Crippen LogP contribution is 2.32. The van der Waals surface area contributed by atoms with Crippen molar-refractivity contribution in [2.45, 2.75) is 13.0 Å². The van der Waals surface area contributed by atoms with Crippen molar-refractivity contribution in [3.05, 3.63) is 60.0 Å². The van der Waals surface area contributed by atoms with Crippen LogP contribution in [0.2, 0.25) is 0 Å². The summed E-state index contributed by atoms with van der Waals surface area (Å²) < 4.78 is 13.0. The molecule has 0 spiro atoms. The first-order chi connectivity index (χ1) is 15.3. The van der Waals surface area contributed by atoms with E-state index in [-0.39, 0.29) is 0 Å². The fourth-order valence-corrected chi connectivity index (χ4v) is 4.16. The molecule has 0 amide bonds. The smallest absolute Gasteiger partial charge is 0.231 e. The van der Waals surface area contributed by atoms with Gasteiger partial charge in [0.05, 0.1) is 5.69 Å². The first kappa shape index (κ1) is 19.7. The molecular weight excluding hydrogens is 392 g/mol. The predicted molar refractivity (Wildman–Crippen MR) is 120 cm³/mol. The lowest BCUT2D eigenvalue weighted by Gasteiger charge is -2.36. The molecule has 5 rings (SSSR count). The summed E-state index contributed by atoms with van der Waals surface area (Å²) in [7, 11) is 1.85. The predicted octanol–water partition coefficient (Wildman–Crippen LogP) is 2.00. The zero-order valence-corrected chi connectivity index (χ0v) is 17.8. The largest absolute Gasteiger partial charge is 0.454 e.